The van der Waals surface area contributed by atoms with Crippen molar-refractivity contribution in [3.63, 3.8) is 0 Å². The first kappa shape index (κ1) is 10.7. The molecule has 0 radical (unpaired) electrons. The number of hydrogen-bond acceptors (Lipinski definition) is 5. The van der Waals surface area contributed by atoms with Crippen LogP contribution in [-0.4, -0.2) is 18.3 Å². The van der Waals surface area contributed by atoms with Crippen molar-refractivity contribution in [2.45, 2.75) is 0 Å². The number of rotatable bonds is 3. The van der Waals surface area contributed by atoms with Gasteiger partial charge < -0.3 is 4.74 Å². The number of nitro benzene ring substituents is 1. The van der Waals surface area contributed by atoms with Gasteiger partial charge in [0.1, 0.15) is 11.8 Å². The molecule has 0 aliphatic heterocycles. The van der Waals surface area contributed by atoms with Crippen LogP contribution in [0.4, 0.5) is 5.69 Å². The lowest BCUT2D eigenvalue weighted by atomic mass is 10.1. The molecule has 15 heavy (non-hydrogen) atoms. The lowest BCUT2D eigenvalue weighted by Crippen LogP contribution is -1.97. The Morgan fingerprint density at radius 2 is 2.27 bits per heavy atom. The lowest BCUT2D eigenvalue weighted by Gasteiger charge is -2.03. The van der Waals surface area contributed by atoms with Gasteiger partial charge in [-0.15, -0.1) is 0 Å². The summed E-state index contributed by atoms with van der Waals surface area (Å²) in [6.07, 6.45) is 0.332. The Balaban J connectivity index is 3.49. The van der Waals surface area contributed by atoms with Crippen molar-refractivity contribution in [2.75, 3.05) is 7.11 Å². The van der Waals surface area contributed by atoms with E-state index in [1.165, 1.54) is 7.11 Å². The highest BCUT2D eigenvalue weighted by molar-refractivity contribution is 5.83. The fourth-order valence-electron chi connectivity index (χ4n) is 1.09. The summed E-state index contributed by atoms with van der Waals surface area (Å²) in [5.41, 5.74) is -0.427. The topological polar surface area (TPSA) is 93.2 Å². The molecule has 0 aliphatic rings. The van der Waals surface area contributed by atoms with Crippen LogP contribution in [0.1, 0.15) is 15.9 Å². The van der Waals surface area contributed by atoms with E-state index in [0.29, 0.717) is 6.29 Å². The molecule has 0 saturated heterocycles. The predicted octanol–water partition coefficient (Wildman–Crippen LogP) is 1.29. The minimum atomic E-state index is -0.701. The average Bonchev–Trinajstić information content (AvgIpc) is 2.26. The molecule has 0 amide bonds. The molecule has 0 heterocycles. The van der Waals surface area contributed by atoms with Gasteiger partial charge in [0.05, 0.1) is 29.2 Å². The maximum Gasteiger partial charge on any atom is 0.283 e. The Morgan fingerprint density at radius 1 is 1.60 bits per heavy atom. The van der Waals surface area contributed by atoms with E-state index in [-0.39, 0.29) is 22.6 Å². The molecule has 76 valence electrons. The number of nitro groups is 1. The molecule has 0 N–H and O–H groups in total. The summed E-state index contributed by atoms with van der Waals surface area (Å²) >= 11 is 0. The standard InChI is InChI=1S/C9H6N2O4/c1-15-9-3-8(11(13)14)7(5-12)2-6(9)4-10/h2-3,5H,1H3. The third-order valence-corrected chi connectivity index (χ3v) is 1.79. The zero-order chi connectivity index (χ0) is 11.4. The van der Waals surface area contributed by atoms with Gasteiger partial charge in [-0.25, -0.2) is 0 Å². The molecular formula is C9H6N2O4. The van der Waals surface area contributed by atoms with Crippen LogP contribution >= 0.6 is 0 Å². The van der Waals surface area contributed by atoms with Crippen LogP contribution in [0.2, 0.25) is 0 Å². The van der Waals surface area contributed by atoms with Crippen molar-refractivity contribution >= 4 is 12.0 Å². The molecule has 1 aromatic carbocycles. The normalized spacial score (nSPS) is 9.07. The van der Waals surface area contributed by atoms with Crippen LogP contribution in [0, 0.1) is 21.4 Å². The summed E-state index contributed by atoms with van der Waals surface area (Å²) in [6, 6.07) is 3.97. The molecule has 1 aromatic rings. The zero-order valence-corrected chi connectivity index (χ0v) is 7.76. The smallest absolute Gasteiger partial charge is 0.283 e. The largest absolute Gasteiger partial charge is 0.495 e. The van der Waals surface area contributed by atoms with Gasteiger partial charge in [0, 0.05) is 0 Å². The molecule has 0 fully saturated rings. The van der Waals surface area contributed by atoms with Gasteiger partial charge in [-0.2, -0.15) is 5.26 Å². The van der Waals surface area contributed by atoms with Crippen LogP contribution < -0.4 is 4.74 Å². The second kappa shape index (κ2) is 4.19. The highest BCUT2D eigenvalue weighted by Gasteiger charge is 2.17. The van der Waals surface area contributed by atoms with Crippen LogP contribution in [-0.2, 0) is 0 Å². The fourth-order valence-corrected chi connectivity index (χ4v) is 1.09. The number of ether oxygens (including phenoxy) is 1. The third-order valence-electron chi connectivity index (χ3n) is 1.79. The molecule has 0 spiro atoms. The van der Waals surface area contributed by atoms with Crippen molar-refractivity contribution in [3.8, 4) is 11.8 Å². The van der Waals surface area contributed by atoms with Gasteiger partial charge in [-0.1, -0.05) is 0 Å². The second-order valence-corrected chi connectivity index (χ2v) is 2.60. The van der Waals surface area contributed by atoms with Crippen molar-refractivity contribution in [1.29, 1.82) is 5.26 Å². The number of nitrogens with zero attached hydrogens (tertiary/aromatic N) is 2. The molecule has 0 aromatic heterocycles. The maximum absolute atomic E-state index is 10.6. The Labute approximate surface area is 84.8 Å². The average molecular weight is 206 g/mol. The van der Waals surface area contributed by atoms with Crippen LogP contribution in [0.5, 0.6) is 5.75 Å². The predicted molar refractivity (Wildman–Crippen MR) is 49.8 cm³/mol. The number of carbonyl (C=O) groups is 1. The van der Waals surface area contributed by atoms with Gasteiger partial charge in [0.25, 0.3) is 5.69 Å². The summed E-state index contributed by atoms with van der Waals surface area (Å²) in [7, 11) is 1.29. The van der Waals surface area contributed by atoms with Gasteiger partial charge in [-0.3, -0.25) is 14.9 Å². The highest BCUT2D eigenvalue weighted by Crippen LogP contribution is 2.27. The van der Waals surface area contributed by atoms with E-state index >= 15 is 0 Å². The number of methoxy groups -OCH3 is 1. The molecule has 0 saturated carbocycles. The van der Waals surface area contributed by atoms with E-state index in [1.54, 1.807) is 6.07 Å². The van der Waals surface area contributed by atoms with Crippen LogP contribution in [0.25, 0.3) is 0 Å². The van der Waals surface area contributed by atoms with E-state index < -0.39 is 4.92 Å². The summed E-state index contributed by atoms with van der Waals surface area (Å²) in [6.45, 7) is 0. The van der Waals surface area contributed by atoms with Crippen LogP contribution in [0.15, 0.2) is 12.1 Å². The summed E-state index contributed by atoms with van der Waals surface area (Å²) < 4.78 is 4.78. The first-order valence-corrected chi connectivity index (χ1v) is 3.85. The van der Waals surface area contributed by atoms with E-state index in [9.17, 15) is 14.9 Å². The van der Waals surface area contributed by atoms with Gasteiger partial charge in [0.2, 0.25) is 0 Å². The third kappa shape index (κ3) is 1.91. The lowest BCUT2D eigenvalue weighted by molar-refractivity contribution is -0.385. The van der Waals surface area contributed by atoms with Gasteiger partial charge in [0.15, 0.2) is 6.29 Å². The second-order valence-electron chi connectivity index (χ2n) is 2.60. The maximum atomic E-state index is 10.6. The molecule has 0 unspecified atom stereocenters. The zero-order valence-electron chi connectivity index (χ0n) is 7.76. The van der Waals surface area contributed by atoms with Crippen molar-refractivity contribution in [3.05, 3.63) is 33.4 Å². The Bertz CT molecular complexity index is 462. The van der Waals surface area contributed by atoms with Crippen LogP contribution in [0.3, 0.4) is 0 Å². The summed E-state index contributed by atoms with van der Waals surface area (Å²) in [5, 5.41) is 19.2. The quantitative estimate of drug-likeness (QED) is 0.422. The Kier molecular flexibility index (Phi) is 2.98. The van der Waals surface area contributed by atoms with E-state index in [4.69, 9.17) is 10.00 Å². The highest BCUT2D eigenvalue weighted by atomic mass is 16.6. The van der Waals surface area contributed by atoms with Crippen molar-refractivity contribution in [1.82, 2.24) is 0 Å². The first-order chi connectivity index (χ1) is 7.13. The summed E-state index contributed by atoms with van der Waals surface area (Å²) in [5.74, 6) is 0.0785. The van der Waals surface area contributed by atoms with E-state index in [0.717, 1.165) is 12.1 Å². The number of benzene rings is 1. The number of aldehydes is 1. The van der Waals surface area contributed by atoms with E-state index in [2.05, 4.69) is 0 Å². The van der Waals surface area contributed by atoms with Crippen molar-refractivity contribution < 1.29 is 14.5 Å². The SMILES string of the molecule is COc1cc([N+](=O)[O-])c(C=O)cc1C#N. The molecule has 1 rings (SSSR count). The van der Waals surface area contributed by atoms with Crippen molar-refractivity contribution in [2.24, 2.45) is 0 Å². The minimum absolute atomic E-state index is 0.0785. The molecule has 6 nitrogen and oxygen atoms in total. The minimum Gasteiger partial charge on any atom is -0.495 e. The molecule has 0 bridgehead atoms. The number of nitriles is 1. The molecule has 6 heteroatoms. The molecule has 0 atom stereocenters. The number of hydrogen-bond donors (Lipinski definition) is 0. The Morgan fingerprint density at radius 3 is 2.67 bits per heavy atom. The molecular weight excluding hydrogens is 200 g/mol. The van der Waals surface area contributed by atoms with Gasteiger partial charge >= 0.3 is 0 Å². The first-order valence-electron chi connectivity index (χ1n) is 3.85. The fraction of sp³-hybridized carbons (Fsp3) is 0.111. The van der Waals surface area contributed by atoms with Gasteiger partial charge in [-0.05, 0) is 6.07 Å². The Hall–Kier alpha value is -2.42. The molecule has 0 aliphatic carbocycles. The summed E-state index contributed by atoms with van der Waals surface area (Å²) in [4.78, 5) is 20.4. The monoisotopic (exact) mass is 206 g/mol. The van der Waals surface area contributed by atoms with E-state index in [1.807, 2.05) is 0 Å². The number of carbonyl (C=O) groups excluding carboxylic acids is 1.